The minimum atomic E-state index is -0.206. The lowest BCUT2D eigenvalue weighted by molar-refractivity contribution is 0.162. The van der Waals surface area contributed by atoms with E-state index in [1.807, 2.05) is 24.9 Å². The van der Waals surface area contributed by atoms with E-state index >= 15 is 0 Å². The third kappa shape index (κ3) is 3.12. The summed E-state index contributed by atoms with van der Waals surface area (Å²) < 4.78 is 2.00. The van der Waals surface area contributed by atoms with Crippen molar-refractivity contribution in [3.63, 3.8) is 0 Å². The molecule has 4 nitrogen and oxygen atoms in total. The fourth-order valence-corrected chi connectivity index (χ4v) is 2.93. The summed E-state index contributed by atoms with van der Waals surface area (Å²) >= 11 is 0. The van der Waals surface area contributed by atoms with Gasteiger partial charge in [-0.2, -0.15) is 5.10 Å². The van der Waals surface area contributed by atoms with Crippen LogP contribution in [0, 0.1) is 5.92 Å². The van der Waals surface area contributed by atoms with Crippen LogP contribution < -0.4 is 5.32 Å². The van der Waals surface area contributed by atoms with E-state index in [4.69, 9.17) is 0 Å². The highest BCUT2D eigenvalue weighted by atomic mass is 16.3. The van der Waals surface area contributed by atoms with Crippen molar-refractivity contribution in [2.45, 2.75) is 51.7 Å². The molecule has 1 aliphatic rings. The Kier molecular flexibility index (Phi) is 4.40. The first-order valence-electron chi connectivity index (χ1n) is 7.00. The monoisotopic (exact) mass is 251 g/mol. The summed E-state index contributed by atoms with van der Waals surface area (Å²) in [5.41, 5.74) is 2.75. The van der Waals surface area contributed by atoms with Crippen molar-refractivity contribution < 1.29 is 5.11 Å². The Morgan fingerprint density at radius 1 is 1.56 bits per heavy atom. The number of aliphatic hydroxyl groups excluding tert-OH is 1. The summed E-state index contributed by atoms with van der Waals surface area (Å²) in [6.45, 7) is 5.01. The Labute approximate surface area is 109 Å². The number of rotatable bonds is 5. The second-order valence-electron chi connectivity index (χ2n) is 5.71. The van der Waals surface area contributed by atoms with Crippen LogP contribution in [0.5, 0.6) is 0 Å². The molecule has 1 aromatic rings. The van der Waals surface area contributed by atoms with Crippen LogP contribution in [0.3, 0.4) is 0 Å². The van der Waals surface area contributed by atoms with Crippen LogP contribution in [0.1, 0.15) is 50.4 Å². The summed E-state index contributed by atoms with van der Waals surface area (Å²) in [5, 5.41) is 17.4. The molecule has 1 heterocycles. The topological polar surface area (TPSA) is 50.1 Å². The maximum absolute atomic E-state index is 9.38. The Morgan fingerprint density at radius 3 is 3.06 bits per heavy atom. The van der Waals surface area contributed by atoms with Crippen molar-refractivity contribution in [1.82, 2.24) is 15.1 Å². The molecule has 0 aliphatic heterocycles. The predicted octanol–water partition coefficient (Wildman–Crippen LogP) is 1.79. The predicted molar refractivity (Wildman–Crippen MR) is 72.4 cm³/mol. The van der Waals surface area contributed by atoms with Gasteiger partial charge in [0.2, 0.25) is 0 Å². The molecule has 0 bridgehead atoms. The summed E-state index contributed by atoms with van der Waals surface area (Å²) in [7, 11) is 2.03. The standard InChI is InChI=1S/C14H25N3O/c1-10(7-11(2)18)8-15-13-5-4-6-14-12(13)9-16-17(14)3/h9-11,13,15,18H,4-8H2,1-3H3. The van der Waals surface area contributed by atoms with E-state index in [1.165, 1.54) is 24.1 Å². The zero-order chi connectivity index (χ0) is 13.1. The second-order valence-corrected chi connectivity index (χ2v) is 5.71. The number of hydrogen-bond donors (Lipinski definition) is 2. The summed E-state index contributed by atoms with van der Waals surface area (Å²) in [6, 6.07) is 0.443. The lowest BCUT2D eigenvalue weighted by Gasteiger charge is -2.25. The highest BCUT2D eigenvalue weighted by molar-refractivity contribution is 5.24. The molecule has 102 valence electrons. The van der Waals surface area contributed by atoms with Crippen LogP contribution in [0.15, 0.2) is 6.20 Å². The van der Waals surface area contributed by atoms with Gasteiger partial charge in [0.1, 0.15) is 0 Å². The number of nitrogens with one attached hydrogen (secondary N) is 1. The summed E-state index contributed by atoms with van der Waals surface area (Å²) in [4.78, 5) is 0. The van der Waals surface area contributed by atoms with Crippen molar-refractivity contribution in [3.05, 3.63) is 17.5 Å². The SMILES string of the molecule is CC(O)CC(C)CNC1CCCc2c1cnn2C. The zero-order valence-corrected chi connectivity index (χ0v) is 11.7. The van der Waals surface area contributed by atoms with Gasteiger partial charge in [0, 0.05) is 24.3 Å². The highest BCUT2D eigenvalue weighted by Crippen LogP contribution is 2.29. The van der Waals surface area contributed by atoms with E-state index in [0.29, 0.717) is 12.0 Å². The maximum Gasteiger partial charge on any atom is 0.0540 e. The number of fused-ring (bicyclic) bond motifs is 1. The van der Waals surface area contributed by atoms with E-state index in [1.54, 1.807) is 0 Å². The van der Waals surface area contributed by atoms with Crippen LogP contribution >= 0.6 is 0 Å². The number of aromatic nitrogens is 2. The molecule has 2 N–H and O–H groups in total. The molecule has 3 unspecified atom stereocenters. The smallest absolute Gasteiger partial charge is 0.0540 e. The van der Waals surface area contributed by atoms with Gasteiger partial charge >= 0.3 is 0 Å². The normalized spacial score (nSPS) is 22.6. The van der Waals surface area contributed by atoms with E-state index < -0.39 is 0 Å². The van der Waals surface area contributed by atoms with Crippen molar-refractivity contribution in [3.8, 4) is 0 Å². The Hall–Kier alpha value is -0.870. The average Bonchev–Trinajstić information content (AvgIpc) is 2.68. The molecular weight excluding hydrogens is 226 g/mol. The van der Waals surface area contributed by atoms with Crippen LogP contribution in [-0.4, -0.2) is 27.5 Å². The lowest BCUT2D eigenvalue weighted by atomic mass is 9.92. The molecule has 0 saturated carbocycles. The number of nitrogens with zero attached hydrogens (tertiary/aromatic N) is 2. The lowest BCUT2D eigenvalue weighted by Crippen LogP contribution is -2.30. The van der Waals surface area contributed by atoms with Crippen molar-refractivity contribution >= 4 is 0 Å². The van der Waals surface area contributed by atoms with Gasteiger partial charge in [-0.25, -0.2) is 0 Å². The second kappa shape index (κ2) is 5.85. The van der Waals surface area contributed by atoms with Crippen molar-refractivity contribution in [2.24, 2.45) is 13.0 Å². The molecule has 0 amide bonds. The first kappa shape index (κ1) is 13.6. The number of aliphatic hydroxyl groups is 1. The zero-order valence-electron chi connectivity index (χ0n) is 11.7. The molecule has 0 radical (unpaired) electrons. The molecule has 2 rings (SSSR count). The van der Waals surface area contributed by atoms with Gasteiger partial charge < -0.3 is 10.4 Å². The summed E-state index contributed by atoms with van der Waals surface area (Å²) in [6.07, 6.45) is 6.23. The summed E-state index contributed by atoms with van der Waals surface area (Å²) in [5.74, 6) is 0.507. The fraction of sp³-hybridized carbons (Fsp3) is 0.786. The minimum Gasteiger partial charge on any atom is -0.393 e. The molecule has 1 aromatic heterocycles. The fourth-order valence-electron chi connectivity index (χ4n) is 2.93. The Morgan fingerprint density at radius 2 is 2.33 bits per heavy atom. The molecule has 0 saturated heterocycles. The van der Waals surface area contributed by atoms with Crippen LogP contribution in [0.2, 0.25) is 0 Å². The Balaban J connectivity index is 1.91. The molecule has 0 spiro atoms. The van der Waals surface area contributed by atoms with Gasteiger partial charge in [0.15, 0.2) is 0 Å². The number of hydrogen-bond acceptors (Lipinski definition) is 3. The molecule has 18 heavy (non-hydrogen) atoms. The highest BCUT2D eigenvalue weighted by Gasteiger charge is 2.23. The van der Waals surface area contributed by atoms with Gasteiger partial charge in [0.05, 0.1) is 12.3 Å². The maximum atomic E-state index is 9.38. The van der Waals surface area contributed by atoms with E-state index in [9.17, 15) is 5.11 Å². The quantitative estimate of drug-likeness (QED) is 0.839. The largest absolute Gasteiger partial charge is 0.393 e. The van der Waals surface area contributed by atoms with Crippen LogP contribution in [0.4, 0.5) is 0 Å². The van der Waals surface area contributed by atoms with Crippen LogP contribution in [0.25, 0.3) is 0 Å². The van der Waals surface area contributed by atoms with Gasteiger partial charge in [-0.15, -0.1) is 0 Å². The molecule has 4 heteroatoms. The van der Waals surface area contributed by atoms with Crippen molar-refractivity contribution in [1.29, 1.82) is 0 Å². The molecular formula is C14H25N3O. The minimum absolute atomic E-state index is 0.206. The molecule has 0 fully saturated rings. The Bertz CT molecular complexity index is 386. The van der Waals surface area contributed by atoms with Gasteiger partial charge in [-0.1, -0.05) is 6.92 Å². The number of aryl methyl sites for hydroxylation is 1. The average molecular weight is 251 g/mol. The third-order valence-electron chi connectivity index (χ3n) is 3.83. The van der Waals surface area contributed by atoms with E-state index in [2.05, 4.69) is 17.3 Å². The first-order chi connectivity index (χ1) is 8.58. The van der Waals surface area contributed by atoms with E-state index in [-0.39, 0.29) is 6.10 Å². The molecule has 0 aromatic carbocycles. The van der Waals surface area contributed by atoms with E-state index in [0.717, 1.165) is 19.4 Å². The van der Waals surface area contributed by atoms with Gasteiger partial charge in [-0.3, -0.25) is 4.68 Å². The van der Waals surface area contributed by atoms with Crippen LogP contribution in [-0.2, 0) is 13.5 Å². The van der Waals surface area contributed by atoms with Gasteiger partial charge in [-0.05, 0) is 45.1 Å². The van der Waals surface area contributed by atoms with Gasteiger partial charge in [0.25, 0.3) is 0 Å². The first-order valence-corrected chi connectivity index (χ1v) is 7.00. The molecule has 1 aliphatic carbocycles. The van der Waals surface area contributed by atoms with Crippen molar-refractivity contribution in [2.75, 3.05) is 6.54 Å². The molecule has 3 atom stereocenters. The third-order valence-corrected chi connectivity index (χ3v) is 3.83.